The van der Waals surface area contributed by atoms with Gasteiger partial charge < -0.3 is 4.74 Å². The Hall–Kier alpha value is -3.94. The van der Waals surface area contributed by atoms with Crippen molar-refractivity contribution in [3.63, 3.8) is 0 Å². The second kappa shape index (κ2) is 8.13. The van der Waals surface area contributed by atoms with E-state index in [-0.39, 0.29) is 6.02 Å². The molecule has 0 aromatic heterocycles. The fourth-order valence-electron chi connectivity index (χ4n) is 4.75. The quantitative estimate of drug-likeness (QED) is 0.683. The summed E-state index contributed by atoms with van der Waals surface area (Å²) in [6.45, 7) is 14.8. The summed E-state index contributed by atoms with van der Waals surface area (Å²) < 4.78 is 5.64. The molecule has 3 heterocycles. The molecule has 0 fully saturated rings. The van der Waals surface area contributed by atoms with Crippen molar-refractivity contribution >= 4 is 35.6 Å². The van der Waals surface area contributed by atoms with Gasteiger partial charge in [-0.3, -0.25) is 0 Å². The zero-order valence-electron chi connectivity index (χ0n) is 20.6. The molecule has 0 saturated heterocycles. The molecule has 172 valence electrons. The Kier molecular flexibility index (Phi) is 5.23. The molecular formula is C26H27N7O. The Morgan fingerprint density at radius 2 is 1.00 bits per heavy atom. The first-order valence-corrected chi connectivity index (χ1v) is 11.4. The third-order valence-corrected chi connectivity index (χ3v) is 5.89. The highest BCUT2D eigenvalue weighted by Gasteiger charge is 2.36. The van der Waals surface area contributed by atoms with E-state index >= 15 is 0 Å². The van der Waals surface area contributed by atoms with Crippen LogP contribution in [0.5, 0.6) is 0 Å². The first-order chi connectivity index (χ1) is 16.2. The van der Waals surface area contributed by atoms with Crippen molar-refractivity contribution in [2.75, 3.05) is 6.61 Å². The van der Waals surface area contributed by atoms with Gasteiger partial charge in [-0.25, -0.2) is 4.90 Å². The summed E-state index contributed by atoms with van der Waals surface area (Å²) in [4.78, 5) is 30.0. The maximum Gasteiger partial charge on any atom is 0.323 e. The molecule has 0 N–H and O–H groups in total. The molecule has 0 amide bonds. The number of ether oxygens (including phenoxy) is 1. The minimum absolute atomic E-state index is 0.229. The van der Waals surface area contributed by atoms with Crippen molar-refractivity contribution in [3.8, 4) is 0 Å². The second-order valence-corrected chi connectivity index (χ2v) is 8.82. The van der Waals surface area contributed by atoms with Gasteiger partial charge in [0.1, 0.15) is 0 Å². The van der Waals surface area contributed by atoms with Gasteiger partial charge in [0.25, 0.3) is 0 Å². The summed E-state index contributed by atoms with van der Waals surface area (Å²) in [5, 5.41) is 0. The van der Waals surface area contributed by atoms with Crippen LogP contribution in [0.3, 0.4) is 0 Å². The van der Waals surface area contributed by atoms with Crippen LogP contribution in [0.25, 0.3) is 0 Å². The standard InChI is InChI=1S/C26H27N7O/c1-8-34-26-31-24-29-21(19-15(4)9-13(2)10-16(19)5)27-23-28-22(30-25(32-26)33(23)24)20-17(6)11-14(3)12-18(20)7/h9-12H,8H2,1-7H3. The number of benzene rings is 2. The van der Waals surface area contributed by atoms with E-state index in [1.807, 2.05) is 6.92 Å². The molecule has 3 aliphatic heterocycles. The molecule has 34 heavy (non-hydrogen) atoms. The molecule has 0 unspecified atom stereocenters. The molecule has 5 rings (SSSR count). The number of aryl methyl sites for hydroxylation is 6. The van der Waals surface area contributed by atoms with E-state index in [9.17, 15) is 0 Å². The van der Waals surface area contributed by atoms with Crippen LogP contribution in [-0.2, 0) is 4.74 Å². The predicted molar refractivity (Wildman–Crippen MR) is 138 cm³/mol. The lowest BCUT2D eigenvalue weighted by atomic mass is 9.98. The summed E-state index contributed by atoms with van der Waals surface area (Å²) in [7, 11) is 0. The van der Waals surface area contributed by atoms with Crippen molar-refractivity contribution in [2.24, 2.45) is 30.0 Å². The number of hydrogen-bond acceptors (Lipinski definition) is 8. The molecule has 0 saturated carbocycles. The molecular weight excluding hydrogens is 426 g/mol. The van der Waals surface area contributed by atoms with Gasteiger partial charge in [-0.05, 0) is 70.7 Å². The Balaban J connectivity index is 1.73. The lowest BCUT2D eigenvalue weighted by Gasteiger charge is -2.30. The number of nitrogens with zero attached hydrogens (tertiary/aromatic N) is 7. The van der Waals surface area contributed by atoms with Crippen LogP contribution in [-0.4, -0.2) is 47.1 Å². The van der Waals surface area contributed by atoms with Gasteiger partial charge in [0.15, 0.2) is 11.7 Å². The summed E-state index contributed by atoms with van der Waals surface area (Å²) in [6.07, 6.45) is 0. The first kappa shape index (κ1) is 21.9. The molecule has 8 heteroatoms. The molecule has 0 spiro atoms. The topological polar surface area (TPSA) is 86.6 Å². The molecule has 3 aliphatic rings. The van der Waals surface area contributed by atoms with Crippen molar-refractivity contribution in [3.05, 3.63) is 68.8 Å². The zero-order chi connectivity index (χ0) is 24.1. The third kappa shape index (κ3) is 3.65. The fourth-order valence-corrected chi connectivity index (χ4v) is 4.75. The Morgan fingerprint density at radius 1 is 0.588 bits per heavy atom. The van der Waals surface area contributed by atoms with Gasteiger partial charge in [-0.2, -0.15) is 30.0 Å². The van der Waals surface area contributed by atoms with Gasteiger partial charge in [0.05, 0.1) is 6.61 Å². The number of hydrogen-bond donors (Lipinski definition) is 0. The van der Waals surface area contributed by atoms with E-state index in [1.165, 1.54) is 11.1 Å². The number of amidine groups is 3. The van der Waals surface area contributed by atoms with Crippen molar-refractivity contribution in [1.29, 1.82) is 0 Å². The lowest BCUT2D eigenvalue weighted by molar-refractivity contribution is 0.321. The monoisotopic (exact) mass is 453 g/mol. The van der Waals surface area contributed by atoms with E-state index in [1.54, 1.807) is 4.90 Å². The molecule has 2 aromatic rings. The van der Waals surface area contributed by atoms with Crippen LogP contribution in [0, 0.1) is 41.5 Å². The van der Waals surface area contributed by atoms with Gasteiger partial charge in [-0.15, -0.1) is 0 Å². The average molecular weight is 454 g/mol. The molecule has 0 atom stereocenters. The van der Waals surface area contributed by atoms with Crippen molar-refractivity contribution < 1.29 is 4.74 Å². The second-order valence-electron chi connectivity index (χ2n) is 8.82. The lowest BCUT2D eigenvalue weighted by Crippen LogP contribution is -2.48. The average Bonchev–Trinajstić information content (AvgIpc) is 2.72. The fraction of sp³-hybridized carbons (Fsp3) is 0.308. The van der Waals surface area contributed by atoms with E-state index in [0.29, 0.717) is 36.2 Å². The highest BCUT2D eigenvalue weighted by atomic mass is 16.5. The summed E-state index contributed by atoms with van der Waals surface area (Å²) in [5.41, 5.74) is 8.75. The molecule has 0 aliphatic carbocycles. The number of rotatable bonds is 3. The Labute approximate surface area is 199 Å². The molecule has 2 aromatic carbocycles. The minimum atomic E-state index is 0.229. The molecule has 8 nitrogen and oxygen atoms in total. The van der Waals surface area contributed by atoms with Crippen LogP contribution in [0.2, 0.25) is 0 Å². The van der Waals surface area contributed by atoms with Crippen molar-refractivity contribution in [1.82, 2.24) is 4.90 Å². The smallest absolute Gasteiger partial charge is 0.323 e. The van der Waals surface area contributed by atoms with Gasteiger partial charge in [0, 0.05) is 11.1 Å². The maximum absolute atomic E-state index is 5.64. The van der Waals surface area contributed by atoms with Crippen LogP contribution in [0.1, 0.15) is 51.4 Å². The maximum atomic E-state index is 5.64. The van der Waals surface area contributed by atoms with Crippen molar-refractivity contribution in [2.45, 2.75) is 48.5 Å². The largest absolute Gasteiger partial charge is 0.464 e. The normalized spacial score (nSPS) is 16.6. The van der Waals surface area contributed by atoms with Gasteiger partial charge >= 0.3 is 6.02 Å². The minimum Gasteiger partial charge on any atom is -0.464 e. The van der Waals surface area contributed by atoms with E-state index in [0.717, 1.165) is 33.4 Å². The molecule has 0 bridgehead atoms. The summed E-state index contributed by atoms with van der Waals surface area (Å²) >= 11 is 0. The highest BCUT2D eigenvalue weighted by Crippen LogP contribution is 2.26. The Bertz CT molecular complexity index is 1320. The van der Waals surface area contributed by atoms with Crippen LogP contribution in [0.15, 0.2) is 54.2 Å². The van der Waals surface area contributed by atoms with Crippen LogP contribution in [0.4, 0.5) is 0 Å². The zero-order valence-corrected chi connectivity index (χ0v) is 20.6. The van der Waals surface area contributed by atoms with Crippen LogP contribution < -0.4 is 0 Å². The van der Waals surface area contributed by atoms with Gasteiger partial charge in [0.2, 0.25) is 17.9 Å². The summed E-state index contributed by atoms with van der Waals surface area (Å²) in [6, 6.07) is 8.76. The Morgan fingerprint density at radius 3 is 1.44 bits per heavy atom. The predicted octanol–water partition coefficient (Wildman–Crippen LogP) is 4.53. The van der Waals surface area contributed by atoms with E-state index < -0.39 is 0 Å². The third-order valence-electron chi connectivity index (χ3n) is 5.89. The van der Waals surface area contributed by atoms with Crippen LogP contribution >= 0.6 is 0 Å². The first-order valence-electron chi connectivity index (χ1n) is 11.4. The number of aliphatic imine (C=N–C) groups is 6. The van der Waals surface area contributed by atoms with E-state index in [4.69, 9.17) is 24.7 Å². The SMILES string of the molecule is CCOC1=NC2=NC(c3c(C)cc(C)cc3C)=NC3=NC(c4c(C)cc(C)cc4C)=NC(=N1)N23. The number of guanidine groups is 3. The van der Waals surface area contributed by atoms with E-state index in [2.05, 4.69) is 75.8 Å². The highest BCUT2D eigenvalue weighted by molar-refractivity contribution is 6.33. The van der Waals surface area contributed by atoms with Gasteiger partial charge in [-0.1, -0.05) is 35.4 Å². The molecule has 0 radical (unpaired) electrons. The summed E-state index contributed by atoms with van der Waals surface area (Å²) in [5.74, 6) is 2.38.